The summed E-state index contributed by atoms with van der Waals surface area (Å²) in [4.78, 5) is 12.0. The number of fused-ring (bicyclic) bond motifs is 2. The molecule has 1 aliphatic heterocycles. The van der Waals surface area contributed by atoms with E-state index in [1.54, 1.807) is 6.20 Å². The van der Waals surface area contributed by atoms with Crippen LogP contribution in [-0.2, 0) is 0 Å². The molecule has 2 fully saturated rings. The Morgan fingerprint density at radius 3 is 2.71 bits per heavy atom. The SMILES string of the molecule is OC(c1cnc(-c2cnc3[nH]ccc3c2NC2C[C@H]3CNC[C@H]3C2)s1)C(F)F. The first kappa shape index (κ1) is 18.0. The number of nitrogens with zero attached hydrogens (tertiary/aromatic N) is 2. The Kier molecular flexibility index (Phi) is 4.53. The van der Waals surface area contributed by atoms with Crippen LogP contribution in [0.2, 0.25) is 0 Å². The number of aliphatic hydroxyl groups excluding tert-OH is 1. The lowest BCUT2D eigenvalue weighted by molar-refractivity contribution is -0.00380. The van der Waals surface area contributed by atoms with Crippen molar-refractivity contribution in [2.24, 2.45) is 11.8 Å². The van der Waals surface area contributed by atoms with Crippen molar-refractivity contribution < 1.29 is 13.9 Å². The van der Waals surface area contributed by atoms with Crippen molar-refractivity contribution in [1.29, 1.82) is 0 Å². The predicted octanol–water partition coefficient (Wildman–Crippen LogP) is 3.39. The Hall–Kier alpha value is -2.10. The number of rotatable bonds is 5. The van der Waals surface area contributed by atoms with Gasteiger partial charge in [-0.25, -0.2) is 18.7 Å². The molecule has 5 rings (SSSR count). The van der Waals surface area contributed by atoms with Crippen LogP contribution < -0.4 is 10.6 Å². The van der Waals surface area contributed by atoms with Gasteiger partial charge >= 0.3 is 0 Å². The highest BCUT2D eigenvalue weighted by Gasteiger charge is 2.37. The molecule has 2 unspecified atom stereocenters. The average molecular weight is 405 g/mol. The van der Waals surface area contributed by atoms with E-state index in [0.29, 0.717) is 22.9 Å². The maximum absolute atomic E-state index is 12.8. The molecule has 9 heteroatoms. The molecule has 1 aliphatic carbocycles. The standard InChI is InChI=1S/C19H21F2N5OS/c20-17(21)16(27)14-8-25-19(28-14)13-7-24-18-12(1-2-23-18)15(13)26-11-3-9-5-22-6-10(9)4-11/h1-2,7-11,16-17,22,27H,3-6H2,(H2,23,24,26)/t9-,10+,11?,16?. The second kappa shape index (κ2) is 7.06. The number of aliphatic hydroxyl groups is 1. The monoisotopic (exact) mass is 405 g/mol. The van der Waals surface area contributed by atoms with Crippen LogP contribution in [0.4, 0.5) is 14.5 Å². The van der Waals surface area contributed by atoms with Gasteiger partial charge in [-0.15, -0.1) is 11.3 Å². The Labute approximate surface area is 164 Å². The van der Waals surface area contributed by atoms with Crippen LogP contribution in [0.1, 0.15) is 23.8 Å². The number of pyridine rings is 1. The summed E-state index contributed by atoms with van der Waals surface area (Å²) in [5.74, 6) is 1.41. The number of aromatic amines is 1. The topological polar surface area (TPSA) is 85.9 Å². The van der Waals surface area contributed by atoms with Crippen molar-refractivity contribution in [3.8, 4) is 10.6 Å². The summed E-state index contributed by atoms with van der Waals surface area (Å²) < 4.78 is 25.7. The summed E-state index contributed by atoms with van der Waals surface area (Å²) in [6, 6.07) is 2.33. The van der Waals surface area contributed by atoms with Crippen molar-refractivity contribution in [3.63, 3.8) is 0 Å². The van der Waals surface area contributed by atoms with Gasteiger partial charge < -0.3 is 20.7 Å². The van der Waals surface area contributed by atoms with E-state index >= 15 is 0 Å². The minimum atomic E-state index is -2.83. The molecular formula is C19H21F2N5OS. The third-order valence-corrected chi connectivity index (χ3v) is 6.97. The molecular weight excluding hydrogens is 384 g/mol. The number of anilines is 1. The zero-order chi connectivity index (χ0) is 19.3. The third-order valence-electron chi connectivity index (χ3n) is 5.87. The predicted molar refractivity (Wildman–Crippen MR) is 105 cm³/mol. The van der Waals surface area contributed by atoms with Crippen molar-refractivity contribution in [1.82, 2.24) is 20.3 Å². The number of halogens is 2. The molecule has 4 N–H and O–H groups in total. The highest BCUT2D eigenvalue weighted by Crippen LogP contribution is 2.41. The van der Waals surface area contributed by atoms with Crippen molar-refractivity contribution >= 4 is 28.1 Å². The average Bonchev–Trinajstić information content (AvgIpc) is 3.44. The fraction of sp³-hybridized carbons (Fsp3) is 0.474. The molecule has 0 bridgehead atoms. The summed E-state index contributed by atoms with van der Waals surface area (Å²) in [5, 5.41) is 18.4. The molecule has 6 nitrogen and oxygen atoms in total. The Morgan fingerprint density at radius 2 is 1.96 bits per heavy atom. The number of hydrogen-bond donors (Lipinski definition) is 4. The highest BCUT2D eigenvalue weighted by atomic mass is 32.1. The van der Waals surface area contributed by atoms with E-state index in [1.165, 1.54) is 6.20 Å². The van der Waals surface area contributed by atoms with Crippen molar-refractivity contribution in [2.45, 2.75) is 31.4 Å². The van der Waals surface area contributed by atoms with Gasteiger partial charge in [0.15, 0.2) is 6.10 Å². The van der Waals surface area contributed by atoms with Crippen LogP contribution in [-0.4, -0.2) is 45.6 Å². The molecule has 1 saturated carbocycles. The minimum Gasteiger partial charge on any atom is -0.382 e. The first-order valence-corrected chi connectivity index (χ1v) is 10.3. The Bertz CT molecular complexity index is 978. The normalized spacial score (nSPS) is 25.5. The fourth-order valence-electron chi connectivity index (χ4n) is 4.49. The Morgan fingerprint density at radius 1 is 1.18 bits per heavy atom. The van der Waals surface area contributed by atoms with Gasteiger partial charge in [0, 0.05) is 30.0 Å². The maximum atomic E-state index is 12.8. The van der Waals surface area contributed by atoms with E-state index in [-0.39, 0.29) is 4.88 Å². The smallest absolute Gasteiger partial charge is 0.269 e. The summed E-state index contributed by atoms with van der Waals surface area (Å²) >= 11 is 1.08. The van der Waals surface area contributed by atoms with Crippen LogP contribution in [0.15, 0.2) is 24.7 Å². The zero-order valence-electron chi connectivity index (χ0n) is 15.0. The van der Waals surface area contributed by atoms with E-state index in [9.17, 15) is 13.9 Å². The van der Waals surface area contributed by atoms with Crippen molar-refractivity contribution in [2.75, 3.05) is 18.4 Å². The first-order chi connectivity index (χ1) is 13.6. The van der Waals surface area contributed by atoms with Gasteiger partial charge in [0.1, 0.15) is 10.7 Å². The summed E-state index contributed by atoms with van der Waals surface area (Å²) in [6.07, 6.45) is 2.46. The summed E-state index contributed by atoms with van der Waals surface area (Å²) in [5.41, 5.74) is 2.48. The maximum Gasteiger partial charge on any atom is 0.269 e. The number of aromatic nitrogens is 3. The lowest BCUT2D eigenvalue weighted by Gasteiger charge is -2.18. The Balaban J connectivity index is 1.50. The molecule has 0 spiro atoms. The second-order valence-corrected chi connectivity index (χ2v) is 8.69. The largest absolute Gasteiger partial charge is 0.382 e. The number of nitrogens with one attached hydrogen (secondary N) is 3. The second-order valence-electron chi connectivity index (χ2n) is 7.62. The van der Waals surface area contributed by atoms with E-state index in [1.807, 2.05) is 12.3 Å². The van der Waals surface area contributed by atoms with Gasteiger partial charge in [-0.2, -0.15) is 0 Å². The van der Waals surface area contributed by atoms with Crippen LogP contribution in [0.25, 0.3) is 21.6 Å². The fourth-order valence-corrected chi connectivity index (χ4v) is 5.41. The van der Waals surface area contributed by atoms with E-state index in [0.717, 1.165) is 59.6 Å². The molecule has 3 aromatic rings. The molecule has 4 heterocycles. The molecule has 3 aromatic heterocycles. The summed E-state index contributed by atoms with van der Waals surface area (Å²) in [6.45, 7) is 2.15. The number of alkyl halides is 2. The molecule has 4 atom stereocenters. The molecule has 148 valence electrons. The van der Waals surface area contributed by atoms with Gasteiger partial charge in [-0.05, 0) is 43.8 Å². The third kappa shape index (κ3) is 3.07. The lowest BCUT2D eigenvalue weighted by Crippen LogP contribution is -2.21. The van der Waals surface area contributed by atoms with Crippen LogP contribution in [0, 0.1) is 11.8 Å². The molecule has 1 saturated heterocycles. The lowest BCUT2D eigenvalue weighted by atomic mass is 10.0. The van der Waals surface area contributed by atoms with Crippen LogP contribution in [0.3, 0.4) is 0 Å². The molecule has 28 heavy (non-hydrogen) atoms. The quantitative estimate of drug-likeness (QED) is 0.523. The van der Waals surface area contributed by atoms with Crippen LogP contribution in [0.5, 0.6) is 0 Å². The number of thiazole rings is 1. The van der Waals surface area contributed by atoms with Crippen molar-refractivity contribution in [3.05, 3.63) is 29.5 Å². The van der Waals surface area contributed by atoms with Gasteiger partial charge in [0.2, 0.25) is 0 Å². The van der Waals surface area contributed by atoms with E-state index in [2.05, 4.69) is 25.6 Å². The highest BCUT2D eigenvalue weighted by molar-refractivity contribution is 7.15. The minimum absolute atomic E-state index is 0.159. The molecule has 0 aromatic carbocycles. The number of hydrogen-bond acceptors (Lipinski definition) is 6. The first-order valence-electron chi connectivity index (χ1n) is 9.46. The van der Waals surface area contributed by atoms with Gasteiger partial charge in [-0.3, -0.25) is 0 Å². The van der Waals surface area contributed by atoms with E-state index in [4.69, 9.17) is 0 Å². The number of H-pyrrole nitrogens is 1. The molecule has 0 radical (unpaired) electrons. The molecule has 0 amide bonds. The van der Waals surface area contributed by atoms with E-state index < -0.39 is 12.5 Å². The summed E-state index contributed by atoms with van der Waals surface area (Å²) in [7, 11) is 0. The van der Waals surface area contributed by atoms with Gasteiger partial charge in [0.05, 0.1) is 16.1 Å². The van der Waals surface area contributed by atoms with Gasteiger partial charge in [0.25, 0.3) is 6.43 Å². The van der Waals surface area contributed by atoms with Gasteiger partial charge in [-0.1, -0.05) is 0 Å². The molecule has 2 aliphatic rings. The van der Waals surface area contributed by atoms with Crippen LogP contribution >= 0.6 is 11.3 Å². The zero-order valence-corrected chi connectivity index (χ0v) is 15.8.